The lowest BCUT2D eigenvalue weighted by molar-refractivity contribution is -0.116. The molecule has 0 bridgehead atoms. The second kappa shape index (κ2) is 11.3. The molecular weight excluding hydrogens is 408 g/mol. The molecule has 2 amide bonds. The van der Waals surface area contributed by atoms with Gasteiger partial charge >= 0.3 is 0 Å². The third-order valence-corrected chi connectivity index (χ3v) is 4.56. The summed E-state index contributed by atoms with van der Waals surface area (Å²) in [6.45, 7) is 4.50. The number of rotatable bonds is 10. The Bertz CT molecular complexity index is 888. The Kier molecular flexibility index (Phi) is 8.80. The third-order valence-electron chi connectivity index (χ3n) is 4.28. The molecule has 0 saturated heterocycles. The van der Waals surface area contributed by atoms with E-state index in [4.69, 9.17) is 25.8 Å². The Morgan fingerprint density at radius 1 is 1.10 bits per heavy atom. The Balaban J connectivity index is 2.14. The highest BCUT2D eigenvalue weighted by Crippen LogP contribution is 2.36. The zero-order valence-electron chi connectivity index (χ0n) is 17.7. The minimum Gasteiger partial charge on any atom is -0.497 e. The number of halogens is 1. The van der Waals surface area contributed by atoms with Crippen LogP contribution in [0.25, 0.3) is 0 Å². The van der Waals surface area contributed by atoms with E-state index in [1.807, 2.05) is 6.92 Å². The minimum atomic E-state index is -0.333. The molecule has 0 aliphatic carbocycles. The number of methoxy groups -OCH3 is 2. The van der Waals surface area contributed by atoms with Gasteiger partial charge in [0, 0.05) is 23.9 Å². The van der Waals surface area contributed by atoms with Crippen molar-refractivity contribution in [3.8, 4) is 17.2 Å². The van der Waals surface area contributed by atoms with E-state index in [0.29, 0.717) is 41.7 Å². The van der Waals surface area contributed by atoms with Crippen LogP contribution in [-0.4, -0.2) is 50.6 Å². The number of nitrogens with one attached hydrogen (secondary N) is 1. The predicted octanol–water partition coefficient (Wildman–Crippen LogP) is 4.25. The number of benzene rings is 2. The molecule has 0 radical (unpaired) electrons. The summed E-state index contributed by atoms with van der Waals surface area (Å²) in [5.74, 6) is 0.746. The van der Waals surface area contributed by atoms with Crippen molar-refractivity contribution in [2.24, 2.45) is 0 Å². The third kappa shape index (κ3) is 6.03. The summed E-state index contributed by atoms with van der Waals surface area (Å²) in [5.41, 5.74) is 0.904. The molecule has 0 spiro atoms. The van der Waals surface area contributed by atoms with Crippen LogP contribution in [0.3, 0.4) is 0 Å². The Hall–Kier alpha value is -2.93. The van der Waals surface area contributed by atoms with Gasteiger partial charge in [0.2, 0.25) is 5.91 Å². The molecule has 0 aliphatic rings. The molecule has 8 heteroatoms. The molecule has 0 fully saturated rings. The van der Waals surface area contributed by atoms with Gasteiger partial charge in [-0.1, -0.05) is 24.6 Å². The van der Waals surface area contributed by atoms with Gasteiger partial charge in [0.25, 0.3) is 5.91 Å². The molecule has 0 heterocycles. The second-order valence-corrected chi connectivity index (χ2v) is 6.84. The average Bonchev–Trinajstić information content (AvgIpc) is 2.75. The summed E-state index contributed by atoms with van der Waals surface area (Å²) in [6.07, 6.45) is 0.812. The first-order valence-electron chi connectivity index (χ1n) is 9.66. The van der Waals surface area contributed by atoms with E-state index in [-0.39, 0.29) is 23.4 Å². The summed E-state index contributed by atoms with van der Waals surface area (Å²) in [6, 6.07) is 10.1. The monoisotopic (exact) mass is 434 g/mol. The van der Waals surface area contributed by atoms with E-state index in [1.54, 1.807) is 44.4 Å². The number of nitrogens with zero attached hydrogens (tertiary/aromatic N) is 1. The molecule has 2 rings (SSSR count). The van der Waals surface area contributed by atoms with E-state index in [9.17, 15) is 9.59 Å². The molecule has 30 heavy (non-hydrogen) atoms. The van der Waals surface area contributed by atoms with E-state index in [0.717, 1.165) is 6.42 Å². The predicted molar refractivity (Wildman–Crippen MR) is 117 cm³/mol. The quantitative estimate of drug-likeness (QED) is 0.605. The zero-order valence-corrected chi connectivity index (χ0v) is 18.4. The van der Waals surface area contributed by atoms with Crippen LogP contribution >= 0.6 is 11.6 Å². The number of hydrogen-bond acceptors (Lipinski definition) is 5. The van der Waals surface area contributed by atoms with Crippen LogP contribution in [0.5, 0.6) is 17.2 Å². The molecule has 0 aromatic heterocycles. The molecule has 7 nitrogen and oxygen atoms in total. The number of carbonyl (C=O) groups excluding carboxylic acids is 2. The molecule has 2 aromatic rings. The maximum Gasteiger partial charge on any atom is 0.254 e. The Morgan fingerprint density at radius 3 is 2.50 bits per heavy atom. The minimum absolute atomic E-state index is 0.111. The van der Waals surface area contributed by atoms with Gasteiger partial charge in [-0.15, -0.1) is 0 Å². The second-order valence-electron chi connectivity index (χ2n) is 6.44. The Morgan fingerprint density at radius 2 is 1.87 bits per heavy atom. The van der Waals surface area contributed by atoms with E-state index in [1.165, 1.54) is 18.1 Å². The SMILES string of the molecule is CCCOc1c(Cl)cc(C(=O)N(CC)CC(=O)Nc2cccc(OC)c2)cc1OC. The smallest absolute Gasteiger partial charge is 0.254 e. The van der Waals surface area contributed by atoms with Gasteiger partial charge in [-0.3, -0.25) is 9.59 Å². The summed E-state index contributed by atoms with van der Waals surface area (Å²) in [5, 5.41) is 3.05. The zero-order chi connectivity index (χ0) is 22.1. The van der Waals surface area contributed by atoms with Gasteiger partial charge in [0.15, 0.2) is 11.5 Å². The fraction of sp³-hybridized carbons (Fsp3) is 0.364. The van der Waals surface area contributed by atoms with Crippen molar-refractivity contribution in [2.45, 2.75) is 20.3 Å². The van der Waals surface area contributed by atoms with Gasteiger partial charge in [0.1, 0.15) is 12.3 Å². The fourth-order valence-corrected chi connectivity index (χ4v) is 3.04. The number of ether oxygens (including phenoxy) is 3. The van der Waals surface area contributed by atoms with E-state index >= 15 is 0 Å². The molecule has 2 aromatic carbocycles. The van der Waals surface area contributed by atoms with Crippen molar-refractivity contribution in [3.63, 3.8) is 0 Å². The standard InChI is InChI=1S/C22H27ClN2O5/c1-5-10-30-21-18(23)11-15(12-19(21)29-4)22(27)25(6-2)14-20(26)24-16-8-7-9-17(13-16)28-3/h7-9,11-13H,5-6,10,14H2,1-4H3,(H,24,26). The molecule has 1 N–H and O–H groups in total. The number of likely N-dealkylation sites (N-methyl/N-ethyl adjacent to an activating group) is 1. The van der Waals surface area contributed by atoms with Crippen molar-refractivity contribution < 1.29 is 23.8 Å². The van der Waals surface area contributed by atoms with Crippen LogP contribution in [0.4, 0.5) is 5.69 Å². The molecule has 0 atom stereocenters. The van der Waals surface area contributed by atoms with Crippen molar-refractivity contribution >= 4 is 29.1 Å². The summed E-state index contributed by atoms with van der Waals surface area (Å²) in [4.78, 5) is 26.9. The first-order valence-corrected chi connectivity index (χ1v) is 10.0. The lowest BCUT2D eigenvalue weighted by atomic mass is 10.1. The lowest BCUT2D eigenvalue weighted by Crippen LogP contribution is -2.37. The Labute approximate surface area is 181 Å². The molecule has 0 saturated carbocycles. The number of anilines is 1. The van der Waals surface area contributed by atoms with Gasteiger partial charge in [-0.25, -0.2) is 0 Å². The van der Waals surface area contributed by atoms with Gasteiger partial charge in [-0.2, -0.15) is 0 Å². The highest BCUT2D eigenvalue weighted by Gasteiger charge is 2.21. The van der Waals surface area contributed by atoms with Crippen LogP contribution in [0.2, 0.25) is 5.02 Å². The van der Waals surface area contributed by atoms with Crippen molar-refractivity contribution in [1.82, 2.24) is 4.90 Å². The molecular formula is C22H27ClN2O5. The van der Waals surface area contributed by atoms with Gasteiger partial charge < -0.3 is 24.4 Å². The molecule has 0 aliphatic heterocycles. The first-order chi connectivity index (χ1) is 14.4. The van der Waals surface area contributed by atoms with Crippen LogP contribution in [-0.2, 0) is 4.79 Å². The van der Waals surface area contributed by atoms with Gasteiger partial charge in [-0.05, 0) is 37.6 Å². The van der Waals surface area contributed by atoms with Crippen LogP contribution in [0.1, 0.15) is 30.6 Å². The van der Waals surface area contributed by atoms with E-state index < -0.39 is 0 Å². The van der Waals surface area contributed by atoms with Crippen molar-refractivity contribution in [3.05, 3.63) is 47.0 Å². The van der Waals surface area contributed by atoms with Gasteiger partial charge in [0.05, 0.1) is 25.8 Å². The highest BCUT2D eigenvalue weighted by atomic mass is 35.5. The highest BCUT2D eigenvalue weighted by molar-refractivity contribution is 6.32. The normalized spacial score (nSPS) is 10.3. The lowest BCUT2D eigenvalue weighted by Gasteiger charge is -2.21. The van der Waals surface area contributed by atoms with E-state index in [2.05, 4.69) is 5.32 Å². The maximum atomic E-state index is 13.0. The maximum absolute atomic E-state index is 13.0. The molecule has 0 unspecified atom stereocenters. The summed E-state index contributed by atoms with van der Waals surface area (Å²) >= 11 is 6.32. The fourth-order valence-electron chi connectivity index (χ4n) is 2.77. The van der Waals surface area contributed by atoms with Crippen LogP contribution < -0.4 is 19.5 Å². The summed E-state index contributed by atoms with van der Waals surface area (Å²) in [7, 11) is 3.04. The average molecular weight is 435 g/mol. The van der Waals surface area contributed by atoms with Crippen molar-refractivity contribution in [1.29, 1.82) is 0 Å². The number of carbonyl (C=O) groups is 2. The van der Waals surface area contributed by atoms with Crippen molar-refractivity contribution in [2.75, 3.05) is 39.2 Å². The molecule has 162 valence electrons. The topological polar surface area (TPSA) is 77.1 Å². The number of amides is 2. The summed E-state index contributed by atoms with van der Waals surface area (Å²) < 4.78 is 16.1. The van der Waals surface area contributed by atoms with Crippen LogP contribution in [0, 0.1) is 0 Å². The van der Waals surface area contributed by atoms with Crippen LogP contribution in [0.15, 0.2) is 36.4 Å². The first kappa shape index (κ1) is 23.3. The largest absolute Gasteiger partial charge is 0.497 e. The number of hydrogen-bond donors (Lipinski definition) is 1.